The average Bonchev–Trinajstić information content (AvgIpc) is 2.85. The van der Waals surface area contributed by atoms with E-state index in [9.17, 15) is 13.2 Å². The number of hydrogen-bond acceptors (Lipinski definition) is 1. The van der Waals surface area contributed by atoms with Gasteiger partial charge in [-0.3, -0.25) is 0 Å². The van der Waals surface area contributed by atoms with Crippen LogP contribution in [-0.4, -0.2) is 7.85 Å². The number of benzene rings is 1. The quantitative estimate of drug-likeness (QED) is 0.606. The van der Waals surface area contributed by atoms with Crippen LogP contribution in [0.3, 0.4) is 0 Å². The minimum absolute atomic E-state index is 0.488. The predicted octanol–water partition coefficient (Wildman–Crippen LogP) is 5.64. The second-order valence-corrected chi connectivity index (χ2v) is 6.64. The van der Waals surface area contributed by atoms with Gasteiger partial charge in [-0.15, -0.1) is 11.3 Å². The molecule has 5 heteroatoms. The summed E-state index contributed by atoms with van der Waals surface area (Å²) in [6.07, 6.45) is 1.41. The zero-order valence-electron chi connectivity index (χ0n) is 12.5. The number of thiophene rings is 1. The lowest BCUT2D eigenvalue weighted by molar-refractivity contribution is -0.137. The second-order valence-electron chi connectivity index (χ2n) is 5.53. The number of halogens is 3. The maximum absolute atomic E-state index is 12.8. The zero-order chi connectivity index (χ0) is 15.5. The van der Waals surface area contributed by atoms with E-state index in [0.717, 1.165) is 35.7 Å². The lowest BCUT2D eigenvalue weighted by Crippen LogP contribution is -2.03. The Balaban J connectivity index is 2.32. The van der Waals surface area contributed by atoms with Gasteiger partial charge in [0, 0.05) is 9.58 Å². The van der Waals surface area contributed by atoms with Crippen molar-refractivity contribution in [2.45, 2.75) is 51.0 Å². The molecule has 2 rings (SSSR count). The Morgan fingerprint density at radius 2 is 1.95 bits per heavy atom. The van der Waals surface area contributed by atoms with Crippen molar-refractivity contribution in [1.82, 2.24) is 0 Å². The maximum Gasteiger partial charge on any atom is 0.416 e. The number of fused-ring (bicyclic) bond motifs is 1. The van der Waals surface area contributed by atoms with Gasteiger partial charge in [0.25, 0.3) is 0 Å². The molecule has 0 aliphatic carbocycles. The van der Waals surface area contributed by atoms with E-state index in [1.54, 1.807) is 6.07 Å². The van der Waals surface area contributed by atoms with Crippen molar-refractivity contribution in [3.8, 4) is 0 Å². The van der Waals surface area contributed by atoms with E-state index in [1.807, 2.05) is 0 Å². The van der Waals surface area contributed by atoms with Crippen molar-refractivity contribution in [3.05, 3.63) is 34.7 Å². The van der Waals surface area contributed by atoms with Crippen molar-refractivity contribution < 1.29 is 13.2 Å². The van der Waals surface area contributed by atoms with E-state index in [1.165, 1.54) is 34.8 Å². The van der Waals surface area contributed by atoms with Gasteiger partial charge >= 0.3 is 6.18 Å². The van der Waals surface area contributed by atoms with E-state index in [0.29, 0.717) is 5.92 Å². The van der Waals surface area contributed by atoms with Gasteiger partial charge in [0.05, 0.1) is 5.56 Å². The molecule has 1 heterocycles. The normalized spacial score (nSPS) is 13.7. The Labute approximate surface area is 128 Å². The van der Waals surface area contributed by atoms with Gasteiger partial charge < -0.3 is 0 Å². The van der Waals surface area contributed by atoms with Gasteiger partial charge in [-0.25, -0.2) is 0 Å². The summed E-state index contributed by atoms with van der Waals surface area (Å²) in [5.74, 6) is 0.488. The summed E-state index contributed by atoms with van der Waals surface area (Å²) in [6, 6.07) is 6.14. The first kappa shape index (κ1) is 16.4. The largest absolute Gasteiger partial charge is 0.416 e. The Kier molecular flexibility index (Phi) is 5.36. The number of alkyl halides is 3. The van der Waals surface area contributed by atoms with E-state index in [-0.39, 0.29) is 0 Å². The van der Waals surface area contributed by atoms with Crippen LogP contribution in [0.2, 0.25) is 6.32 Å². The third-order valence-corrected chi connectivity index (χ3v) is 5.07. The third-order valence-electron chi connectivity index (χ3n) is 3.81. The number of rotatable bonds is 6. The van der Waals surface area contributed by atoms with Crippen LogP contribution in [0.25, 0.3) is 10.1 Å². The molecule has 2 aromatic rings. The maximum atomic E-state index is 12.8. The van der Waals surface area contributed by atoms with E-state index in [2.05, 4.69) is 20.8 Å². The van der Waals surface area contributed by atoms with Crippen LogP contribution in [0.1, 0.15) is 49.0 Å². The van der Waals surface area contributed by atoms with Gasteiger partial charge in [0.15, 0.2) is 0 Å². The molecule has 0 amide bonds. The topological polar surface area (TPSA) is 0 Å². The molecule has 0 saturated carbocycles. The zero-order valence-corrected chi connectivity index (χ0v) is 13.3. The first-order valence-electron chi connectivity index (χ1n) is 7.56. The van der Waals surface area contributed by atoms with E-state index in [4.69, 9.17) is 0 Å². The smallest absolute Gasteiger partial charge is 0.166 e. The van der Waals surface area contributed by atoms with Crippen molar-refractivity contribution in [3.63, 3.8) is 0 Å². The highest BCUT2D eigenvalue weighted by Crippen LogP contribution is 2.38. The molecule has 21 heavy (non-hydrogen) atoms. The number of unbranched alkanes of at least 4 members (excludes halogenated alkanes) is 1. The molecule has 114 valence electrons. The molecule has 1 atom stereocenters. The second kappa shape index (κ2) is 6.86. The molecular formula is C16H20BF3S. The molecule has 1 unspecified atom stereocenters. The van der Waals surface area contributed by atoms with Gasteiger partial charge in [0.2, 0.25) is 0 Å². The fourth-order valence-corrected chi connectivity index (χ4v) is 3.93. The van der Waals surface area contributed by atoms with Gasteiger partial charge in [-0.2, -0.15) is 13.2 Å². The van der Waals surface area contributed by atoms with Crippen molar-refractivity contribution in [2.24, 2.45) is 0 Å². The molecule has 0 saturated heterocycles. The number of hydrogen-bond donors (Lipinski definition) is 0. The summed E-state index contributed by atoms with van der Waals surface area (Å²) in [4.78, 5) is 1.24. The summed E-state index contributed by atoms with van der Waals surface area (Å²) < 4.78 is 39.1. The summed E-state index contributed by atoms with van der Waals surface area (Å²) in [6.45, 7) is 2.17. The van der Waals surface area contributed by atoms with E-state index >= 15 is 0 Å². The molecule has 0 spiro atoms. The Bertz CT molecular complexity index is 589. The van der Waals surface area contributed by atoms with Gasteiger partial charge in [0.1, 0.15) is 7.85 Å². The predicted molar refractivity (Wildman–Crippen MR) is 87.1 cm³/mol. The van der Waals surface area contributed by atoms with Crippen LogP contribution in [0.4, 0.5) is 13.2 Å². The SMILES string of the molecule is BCCC(CCCC)c1cc2ccc(C(F)(F)F)cc2s1. The Hall–Kier alpha value is -0.965. The van der Waals surface area contributed by atoms with Crippen molar-refractivity contribution in [2.75, 3.05) is 0 Å². The summed E-state index contributed by atoms with van der Waals surface area (Å²) in [7, 11) is 2.16. The standard InChI is InChI=1S/C16H20BF3S/c1-2-3-4-11(7-8-17)14-9-12-5-6-13(16(18,19)20)10-15(12)21-14/h5-6,9-11H,2-4,7-8,17H2,1H3. The lowest BCUT2D eigenvalue weighted by Gasteiger charge is -2.13. The monoisotopic (exact) mass is 312 g/mol. The van der Waals surface area contributed by atoms with Crippen LogP contribution < -0.4 is 0 Å². The molecule has 0 nitrogen and oxygen atoms in total. The molecule has 0 aliphatic rings. The van der Waals surface area contributed by atoms with Crippen LogP contribution in [0.5, 0.6) is 0 Å². The van der Waals surface area contributed by atoms with Crippen LogP contribution in [-0.2, 0) is 6.18 Å². The minimum atomic E-state index is -4.26. The van der Waals surface area contributed by atoms with Gasteiger partial charge in [-0.1, -0.05) is 38.6 Å². The average molecular weight is 312 g/mol. The highest BCUT2D eigenvalue weighted by Gasteiger charge is 2.30. The van der Waals surface area contributed by atoms with Crippen LogP contribution >= 0.6 is 11.3 Å². The molecular weight excluding hydrogens is 292 g/mol. The highest BCUT2D eigenvalue weighted by atomic mass is 32.1. The Morgan fingerprint density at radius 3 is 2.57 bits per heavy atom. The first-order valence-corrected chi connectivity index (χ1v) is 8.38. The molecule has 0 N–H and O–H groups in total. The summed E-state index contributed by atoms with van der Waals surface area (Å²) >= 11 is 1.53. The molecule has 1 aromatic carbocycles. The summed E-state index contributed by atoms with van der Waals surface area (Å²) in [5, 5.41) is 0.931. The first-order chi connectivity index (χ1) is 9.95. The van der Waals surface area contributed by atoms with E-state index < -0.39 is 11.7 Å². The fraction of sp³-hybridized carbons (Fsp3) is 0.500. The highest BCUT2D eigenvalue weighted by molar-refractivity contribution is 7.19. The lowest BCUT2D eigenvalue weighted by atomic mass is 9.89. The molecule has 0 radical (unpaired) electrons. The Morgan fingerprint density at radius 1 is 1.19 bits per heavy atom. The minimum Gasteiger partial charge on any atom is -0.166 e. The van der Waals surface area contributed by atoms with Crippen LogP contribution in [0.15, 0.2) is 24.3 Å². The van der Waals surface area contributed by atoms with Crippen molar-refractivity contribution >= 4 is 29.3 Å². The van der Waals surface area contributed by atoms with Crippen molar-refractivity contribution in [1.29, 1.82) is 0 Å². The molecule has 0 fully saturated rings. The van der Waals surface area contributed by atoms with Crippen LogP contribution in [0, 0.1) is 0 Å². The third kappa shape index (κ3) is 4.03. The molecule has 1 aromatic heterocycles. The fourth-order valence-electron chi connectivity index (χ4n) is 2.66. The van der Waals surface area contributed by atoms with Gasteiger partial charge in [-0.05, 0) is 35.9 Å². The molecule has 0 aliphatic heterocycles. The molecule has 0 bridgehead atoms. The summed E-state index contributed by atoms with van der Waals surface area (Å²) in [5.41, 5.74) is -0.552.